The number of benzene rings is 2. The van der Waals surface area contributed by atoms with Crippen LogP contribution < -0.4 is 15.4 Å². The van der Waals surface area contributed by atoms with Crippen molar-refractivity contribution in [1.82, 2.24) is 15.1 Å². The number of rotatable bonds is 6. The number of carbonyl (C=O) groups excluding carboxylic acids is 2. The largest absolute Gasteiger partial charge is 0.573 e. The Hall–Kier alpha value is -4.02. The quantitative estimate of drug-likeness (QED) is 0.378. The minimum absolute atomic E-state index is 0.0832. The average Bonchev–Trinajstić information content (AvgIpc) is 3.50. The molecule has 11 heteroatoms. The number of halogens is 3. The number of nitrogens with one attached hydrogen (secondary N) is 2. The predicted molar refractivity (Wildman–Crippen MR) is 126 cm³/mol. The zero-order valence-electron chi connectivity index (χ0n) is 19.4. The Labute approximate surface area is 205 Å². The van der Waals surface area contributed by atoms with Crippen LogP contribution in [0.5, 0.6) is 11.5 Å². The lowest BCUT2D eigenvalue weighted by Gasteiger charge is -2.11. The minimum atomic E-state index is -4.83. The van der Waals surface area contributed by atoms with Crippen molar-refractivity contribution < 1.29 is 32.6 Å². The summed E-state index contributed by atoms with van der Waals surface area (Å²) in [5.74, 6) is -0.903. The highest BCUT2D eigenvalue weighted by molar-refractivity contribution is 6.04. The molecule has 3 N–H and O–H groups in total. The van der Waals surface area contributed by atoms with Crippen LogP contribution in [0.2, 0.25) is 0 Å². The standard InChI is InChI=1S/C25H25F3N4O4/c1-2-29-24(35)32-21(15-5-3-4-6-15)14-20(31-32)19-13-17(9-12-22(19)33)30-23(34)16-7-10-18(11-8-16)36-25(26,27)28/h7-15,33H,2-6H2,1H3,(H,29,35)(H,30,34). The van der Waals surface area contributed by atoms with Crippen LogP contribution in [0.25, 0.3) is 11.3 Å². The number of hydrogen-bond acceptors (Lipinski definition) is 5. The summed E-state index contributed by atoms with van der Waals surface area (Å²) in [7, 11) is 0. The lowest BCUT2D eigenvalue weighted by atomic mass is 10.0. The van der Waals surface area contributed by atoms with Crippen molar-refractivity contribution in [3.05, 3.63) is 59.8 Å². The summed E-state index contributed by atoms with van der Waals surface area (Å²) in [4.78, 5) is 25.2. The van der Waals surface area contributed by atoms with Gasteiger partial charge in [0.05, 0.1) is 11.4 Å². The zero-order valence-corrected chi connectivity index (χ0v) is 19.4. The van der Waals surface area contributed by atoms with E-state index in [9.17, 15) is 27.9 Å². The van der Waals surface area contributed by atoms with Crippen molar-refractivity contribution in [3.63, 3.8) is 0 Å². The Bertz CT molecular complexity index is 1250. The van der Waals surface area contributed by atoms with Gasteiger partial charge in [-0.15, -0.1) is 13.2 Å². The molecule has 0 atom stereocenters. The molecule has 8 nitrogen and oxygen atoms in total. The van der Waals surface area contributed by atoms with Gasteiger partial charge in [0, 0.05) is 29.3 Å². The fourth-order valence-corrected chi connectivity index (χ4v) is 4.26. The Balaban J connectivity index is 1.58. The fourth-order valence-electron chi connectivity index (χ4n) is 4.26. The first-order chi connectivity index (χ1) is 17.1. The number of phenols is 1. The summed E-state index contributed by atoms with van der Waals surface area (Å²) in [5, 5.41) is 20.4. The van der Waals surface area contributed by atoms with E-state index < -0.39 is 18.0 Å². The molecule has 2 amide bonds. The Kier molecular flexibility index (Phi) is 7.18. The highest BCUT2D eigenvalue weighted by atomic mass is 19.4. The van der Waals surface area contributed by atoms with E-state index in [-0.39, 0.29) is 23.3 Å². The highest BCUT2D eigenvalue weighted by Gasteiger charge is 2.31. The van der Waals surface area contributed by atoms with Gasteiger partial charge in [-0.2, -0.15) is 9.78 Å². The summed E-state index contributed by atoms with van der Waals surface area (Å²) < 4.78 is 42.2. The van der Waals surface area contributed by atoms with Gasteiger partial charge < -0.3 is 20.5 Å². The smallest absolute Gasteiger partial charge is 0.507 e. The molecule has 0 unspecified atom stereocenters. The number of amides is 2. The number of anilines is 1. The molecule has 1 aromatic heterocycles. The molecular weight excluding hydrogens is 477 g/mol. The van der Waals surface area contributed by atoms with E-state index in [1.807, 2.05) is 6.92 Å². The van der Waals surface area contributed by atoms with E-state index in [1.54, 1.807) is 6.07 Å². The predicted octanol–water partition coefficient (Wildman–Crippen LogP) is 5.64. The number of aromatic hydroxyl groups is 1. The molecule has 1 fully saturated rings. The molecular formula is C25H25F3N4O4. The second kappa shape index (κ2) is 10.3. The van der Waals surface area contributed by atoms with E-state index in [1.165, 1.54) is 35.0 Å². The van der Waals surface area contributed by atoms with E-state index in [0.717, 1.165) is 43.5 Å². The molecule has 1 aliphatic carbocycles. The molecule has 1 aliphatic rings. The molecule has 3 aromatic rings. The van der Waals surface area contributed by atoms with Crippen molar-refractivity contribution in [2.45, 2.75) is 44.9 Å². The SMILES string of the molecule is CCNC(=O)n1nc(-c2cc(NC(=O)c3ccc(OC(F)(F)F)cc3)ccc2O)cc1C1CCCC1. The number of alkyl halides is 3. The summed E-state index contributed by atoms with van der Waals surface area (Å²) in [6.07, 6.45) is -0.805. The molecule has 0 spiro atoms. The normalized spacial score (nSPS) is 14.0. The van der Waals surface area contributed by atoms with Crippen LogP contribution in [0.4, 0.5) is 23.7 Å². The average molecular weight is 502 g/mol. The maximum absolute atomic E-state index is 12.6. The van der Waals surface area contributed by atoms with Crippen molar-refractivity contribution in [2.24, 2.45) is 0 Å². The monoisotopic (exact) mass is 502 g/mol. The van der Waals surface area contributed by atoms with Crippen LogP contribution in [-0.2, 0) is 0 Å². The first-order valence-electron chi connectivity index (χ1n) is 11.5. The van der Waals surface area contributed by atoms with Crippen LogP contribution in [0.15, 0.2) is 48.5 Å². The van der Waals surface area contributed by atoms with Gasteiger partial charge in [-0.3, -0.25) is 4.79 Å². The lowest BCUT2D eigenvalue weighted by molar-refractivity contribution is -0.274. The minimum Gasteiger partial charge on any atom is -0.507 e. The summed E-state index contributed by atoms with van der Waals surface area (Å²) in [5.41, 5.74) is 1.92. The molecule has 1 saturated carbocycles. The summed E-state index contributed by atoms with van der Waals surface area (Å²) in [6.45, 7) is 2.25. The van der Waals surface area contributed by atoms with Crippen LogP contribution >= 0.6 is 0 Å². The Morgan fingerprint density at radius 1 is 1.11 bits per heavy atom. The molecule has 1 heterocycles. The number of ether oxygens (including phenoxy) is 1. The first kappa shape index (κ1) is 25.1. The van der Waals surface area contributed by atoms with Crippen LogP contribution in [0.3, 0.4) is 0 Å². The number of hydrogen-bond donors (Lipinski definition) is 3. The third-order valence-corrected chi connectivity index (χ3v) is 5.91. The van der Waals surface area contributed by atoms with Crippen molar-refractivity contribution in [3.8, 4) is 22.8 Å². The molecule has 0 aliphatic heterocycles. The second-order valence-electron chi connectivity index (χ2n) is 8.44. The van der Waals surface area contributed by atoms with E-state index in [4.69, 9.17) is 0 Å². The van der Waals surface area contributed by atoms with Crippen molar-refractivity contribution in [2.75, 3.05) is 11.9 Å². The summed E-state index contributed by atoms with van der Waals surface area (Å²) in [6, 6.07) is 10.3. The molecule has 0 radical (unpaired) electrons. The first-order valence-corrected chi connectivity index (χ1v) is 11.5. The molecule has 2 aromatic carbocycles. The molecule has 4 rings (SSSR count). The fraction of sp³-hybridized carbons (Fsp3) is 0.320. The number of nitrogens with zero attached hydrogens (tertiary/aromatic N) is 2. The molecule has 36 heavy (non-hydrogen) atoms. The van der Waals surface area contributed by atoms with E-state index >= 15 is 0 Å². The Morgan fingerprint density at radius 3 is 2.44 bits per heavy atom. The Morgan fingerprint density at radius 2 is 1.81 bits per heavy atom. The van der Waals surface area contributed by atoms with Gasteiger partial charge in [-0.25, -0.2) is 4.79 Å². The van der Waals surface area contributed by atoms with E-state index in [0.29, 0.717) is 23.5 Å². The van der Waals surface area contributed by atoms with Gasteiger partial charge in [0.1, 0.15) is 11.5 Å². The van der Waals surface area contributed by atoms with Crippen molar-refractivity contribution in [1.29, 1.82) is 0 Å². The molecule has 0 bridgehead atoms. The van der Waals surface area contributed by atoms with Crippen molar-refractivity contribution >= 4 is 17.6 Å². The van der Waals surface area contributed by atoms with Crippen LogP contribution in [0.1, 0.15) is 54.6 Å². The van der Waals surface area contributed by atoms with Gasteiger partial charge in [-0.05, 0) is 68.3 Å². The van der Waals surface area contributed by atoms with E-state index in [2.05, 4.69) is 20.5 Å². The second-order valence-corrected chi connectivity index (χ2v) is 8.44. The number of phenolic OH excluding ortho intramolecular Hbond substituents is 1. The van der Waals surface area contributed by atoms with Gasteiger partial charge in [0.2, 0.25) is 0 Å². The third kappa shape index (κ3) is 5.78. The maximum atomic E-state index is 12.6. The van der Waals surface area contributed by atoms with Gasteiger partial charge in [-0.1, -0.05) is 12.8 Å². The highest BCUT2D eigenvalue weighted by Crippen LogP contribution is 2.38. The third-order valence-electron chi connectivity index (χ3n) is 5.91. The van der Waals surface area contributed by atoms with Crippen LogP contribution in [0, 0.1) is 0 Å². The molecule has 0 saturated heterocycles. The number of carbonyl (C=O) groups is 2. The molecule has 190 valence electrons. The van der Waals surface area contributed by atoms with Gasteiger partial charge >= 0.3 is 12.4 Å². The summed E-state index contributed by atoms with van der Waals surface area (Å²) >= 11 is 0. The van der Waals surface area contributed by atoms with Crippen LogP contribution in [-0.4, -0.2) is 39.7 Å². The van der Waals surface area contributed by atoms with Gasteiger partial charge in [0.15, 0.2) is 0 Å². The maximum Gasteiger partial charge on any atom is 0.573 e. The topological polar surface area (TPSA) is 105 Å². The number of aromatic nitrogens is 2. The lowest BCUT2D eigenvalue weighted by Crippen LogP contribution is -2.30. The zero-order chi connectivity index (χ0) is 25.9. The van der Waals surface area contributed by atoms with Gasteiger partial charge in [0.25, 0.3) is 5.91 Å².